The van der Waals surface area contributed by atoms with Crippen molar-refractivity contribution in [2.45, 2.75) is 248 Å². The Morgan fingerprint density at radius 2 is 0.672 bits per heavy atom. The van der Waals surface area contributed by atoms with Gasteiger partial charge in [-0.1, -0.05) is 136 Å². The fourth-order valence-electron chi connectivity index (χ4n) is 6.46. The summed E-state index contributed by atoms with van der Waals surface area (Å²) in [5.74, 6) is 5.81. The van der Waals surface area contributed by atoms with Gasteiger partial charge in [-0.25, -0.2) is 0 Å². The number of unbranched alkanes of at least 4 members (excludes halogenated alkanes) is 2. The minimum atomic E-state index is 0. The van der Waals surface area contributed by atoms with E-state index in [0.29, 0.717) is 21.7 Å². The molecule has 0 atom stereocenters. The number of likely N-dealkylation sites (tertiary alicyclic amines) is 2. The first kappa shape index (κ1) is 83.0. The van der Waals surface area contributed by atoms with E-state index >= 15 is 0 Å². The van der Waals surface area contributed by atoms with Crippen LogP contribution in [0.2, 0.25) is 0 Å². The fraction of sp³-hybridized carbons (Fsp3) is 0.898. The van der Waals surface area contributed by atoms with Gasteiger partial charge in [-0.15, -0.1) is 19.5 Å². The number of piperidine rings is 2. The molecule has 2 aliphatic carbocycles. The minimum Gasteiger partial charge on any atom is -0.365 e. The van der Waals surface area contributed by atoms with Gasteiger partial charge in [0.1, 0.15) is 0 Å². The molecule has 0 N–H and O–H groups in total. The molecule has 0 unspecified atom stereocenters. The van der Waals surface area contributed by atoms with Crippen molar-refractivity contribution in [1.29, 1.82) is 0 Å². The van der Waals surface area contributed by atoms with Crippen molar-refractivity contribution in [2.75, 3.05) is 60.4 Å². The van der Waals surface area contributed by atoms with Gasteiger partial charge in [0, 0.05) is 0 Å². The van der Waals surface area contributed by atoms with Crippen LogP contribution < -0.4 is 0 Å². The molecule has 2 saturated heterocycles. The summed E-state index contributed by atoms with van der Waals surface area (Å²) in [6.07, 6.45) is 22.1. The summed E-state index contributed by atoms with van der Waals surface area (Å²) < 4.78 is 0. The second-order valence-corrected chi connectivity index (χ2v) is 24.4. The topological polar surface area (TPSA) is 9.72 Å². The number of hydrogen-bond donors (Lipinski definition) is 0. The van der Waals surface area contributed by atoms with E-state index in [1.807, 2.05) is 25.8 Å². The first-order valence-electron chi connectivity index (χ1n) is 26.1. The van der Waals surface area contributed by atoms with Gasteiger partial charge < -0.3 is 54.2 Å². The Hall–Kier alpha value is 2.09. The summed E-state index contributed by atoms with van der Waals surface area (Å²) >= 11 is 0. The molecule has 64 heavy (non-hydrogen) atoms. The van der Waals surface area contributed by atoms with Gasteiger partial charge in [-0.2, -0.15) is 54.4 Å². The average Bonchev–Trinajstić information content (AvgIpc) is 3.11. The molecule has 0 spiro atoms. The SMILES string of the molecule is CC.CC(C)(C)C.CC(C)(C)C1CCC1.CC(C)(C)C1CCCCC1.CN1CCC(C(C)(C)C)CC1.CN1CCCCC1.C[C-](C)C.C[C-](C)C.[CH2-]CCC[CH2-].[CH2-]CN(C)C[CH2-].[Y+3].[Y+3]. The first-order valence-corrected chi connectivity index (χ1v) is 26.1. The van der Waals surface area contributed by atoms with Gasteiger partial charge >= 0.3 is 65.4 Å². The van der Waals surface area contributed by atoms with Gasteiger partial charge in [0.2, 0.25) is 0 Å². The van der Waals surface area contributed by atoms with Crippen LogP contribution in [-0.2, 0) is 65.4 Å². The van der Waals surface area contributed by atoms with Crippen LogP contribution in [0.1, 0.15) is 248 Å². The fourth-order valence-corrected chi connectivity index (χ4v) is 6.46. The van der Waals surface area contributed by atoms with Crippen LogP contribution in [0, 0.1) is 78.9 Å². The molecule has 0 radical (unpaired) electrons. The molecule has 2 saturated carbocycles. The Bertz CT molecular complexity index is 799. The summed E-state index contributed by atoms with van der Waals surface area (Å²) in [4.78, 5) is 6.85. The molecule has 4 rings (SSSR count). The summed E-state index contributed by atoms with van der Waals surface area (Å²) in [6.45, 7) is 68.0. The van der Waals surface area contributed by atoms with Crippen molar-refractivity contribution in [2.24, 2.45) is 39.4 Å². The summed E-state index contributed by atoms with van der Waals surface area (Å²) in [5, 5.41) is 0. The monoisotopic (exact) mass is 1060 g/mol. The van der Waals surface area contributed by atoms with E-state index in [4.69, 9.17) is 0 Å². The Morgan fingerprint density at radius 1 is 0.438 bits per heavy atom. The van der Waals surface area contributed by atoms with Crippen LogP contribution in [0.25, 0.3) is 0 Å². The Balaban J connectivity index is -0.0000000930. The third kappa shape index (κ3) is 75.6. The predicted octanol–water partition coefficient (Wildman–Crippen LogP) is 18.6. The van der Waals surface area contributed by atoms with E-state index in [1.54, 1.807) is 0 Å². The zero-order valence-electron chi connectivity index (χ0n) is 49.6. The van der Waals surface area contributed by atoms with E-state index in [-0.39, 0.29) is 65.4 Å². The predicted molar refractivity (Wildman–Crippen MR) is 294 cm³/mol. The van der Waals surface area contributed by atoms with Crippen LogP contribution in [-0.4, -0.2) is 75.1 Å². The molecular formula is C59H127N3Y2. The molecule has 4 aliphatic rings. The minimum absolute atomic E-state index is 0. The molecule has 2 heterocycles. The zero-order valence-corrected chi connectivity index (χ0v) is 55.3. The van der Waals surface area contributed by atoms with E-state index in [1.165, 1.54) is 128 Å². The third-order valence-corrected chi connectivity index (χ3v) is 10.9. The maximum Gasteiger partial charge on any atom is 3.00 e. The molecule has 5 heteroatoms. The van der Waals surface area contributed by atoms with Crippen molar-refractivity contribution in [3.63, 3.8) is 0 Å². The smallest absolute Gasteiger partial charge is 0.365 e. The quantitative estimate of drug-likeness (QED) is 0.260. The largest absolute Gasteiger partial charge is 3.00 e. The van der Waals surface area contributed by atoms with Crippen LogP contribution in [0.3, 0.4) is 0 Å². The normalized spacial score (nSPS) is 17.1. The molecule has 0 bridgehead atoms. The average molecular weight is 1060 g/mol. The van der Waals surface area contributed by atoms with E-state index in [0.717, 1.165) is 43.7 Å². The van der Waals surface area contributed by atoms with E-state index in [9.17, 15) is 0 Å². The van der Waals surface area contributed by atoms with Crippen molar-refractivity contribution in [1.82, 2.24) is 14.7 Å². The molecule has 384 valence electrons. The zero-order chi connectivity index (χ0) is 50.2. The molecule has 3 nitrogen and oxygen atoms in total. The second kappa shape index (κ2) is 51.4. The number of hydrogen-bond acceptors (Lipinski definition) is 3. The second-order valence-electron chi connectivity index (χ2n) is 24.4. The van der Waals surface area contributed by atoms with E-state index in [2.05, 4.69) is 183 Å². The summed E-state index contributed by atoms with van der Waals surface area (Å²) in [6, 6.07) is 0. The van der Waals surface area contributed by atoms with Crippen LogP contribution in [0.4, 0.5) is 0 Å². The molecule has 0 amide bonds. The van der Waals surface area contributed by atoms with E-state index < -0.39 is 0 Å². The van der Waals surface area contributed by atoms with Crippen molar-refractivity contribution < 1.29 is 65.4 Å². The maximum atomic E-state index is 3.64. The van der Waals surface area contributed by atoms with Gasteiger partial charge in [-0.05, 0) is 138 Å². The molecular weight excluding hydrogens is 928 g/mol. The first-order chi connectivity index (χ1) is 28.3. The van der Waals surface area contributed by atoms with Gasteiger partial charge in [-0.3, -0.25) is 0 Å². The molecule has 4 fully saturated rings. The summed E-state index contributed by atoms with van der Waals surface area (Å²) in [7, 11) is 6.40. The Morgan fingerprint density at radius 3 is 0.812 bits per heavy atom. The Kier molecular flexibility index (Phi) is 66.7. The van der Waals surface area contributed by atoms with Gasteiger partial charge in [0.15, 0.2) is 0 Å². The molecule has 0 aromatic carbocycles. The standard InChI is InChI=1S/C10H21N.C10H20.C8H16.C6H13N.C5H11N.C5H12.C5H10.2C4H9.C2H6.2Y/c1-10(2,3)9-5-7-11(4)8-6-9;1-10(2,3)9-7-5-4-6-8-9;1-8(2,3)7-5-4-6-7;1-7-5-3-2-4-6-7;1-4-6(3)5-2;1-5(2,3)4;1-3-5-4-2;2*1-4(2)3;1-2;;/h9H,5-8H2,1-4H3;9H,4-8H2,1-3H3;7H,4-6H2,1-3H3;2-6H2,1H3;1-2,4-5H2,3H3;1-4H3;1-5H2;2*1-3H3;1-2H3;;/q;;;;-2;;-2;2*-1;;2*+3. The van der Waals surface area contributed by atoms with Gasteiger partial charge in [0.05, 0.1) is 0 Å². The number of rotatable bonds is 4. The van der Waals surface area contributed by atoms with Crippen molar-refractivity contribution in [3.05, 3.63) is 39.5 Å². The Labute approximate surface area is 463 Å². The van der Waals surface area contributed by atoms with Crippen molar-refractivity contribution in [3.8, 4) is 0 Å². The van der Waals surface area contributed by atoms with Crippen LogP contribution >= 0.6 is 0 Å². The number of nitrogens with zero attached hydrogens (tertiary/aromatic N) is 3. The third-order valence-electron chi connectivity index (χ3n) is 10.9. The van der Waals surface area contributed by atoms with Crippen LogP contribution in [0.15, 0.2) is 0 Å². The maximum absolute atomic E-state index is 3.64. The molecule has 2 aliphatic heterocycles. The van der Waals surface area contributed by atoms with Crippen LogP contribution in [0.5, 0.6) is 0 Å². The molecule has 0 aromatic heterocycles. The summed E-state index contributed by atoms with van der Waals surface area (Å²) in [5.41, 5.74) is 2.19. The molecule has 0 aromatic rings. The van der Waals surface area contributed by atoms with Crippen molar-refractivity contribution >= 4 is 0 Å². The van der Waals surface area contributed by atoms with Gasteiger partial charge in [0.25, 0.3) is 0 Å².